The fourth-order valence-corrected chi connectivity index (χ4v) is 2.61. The molecule has 4 nitrogen and oxygen atoms in total. The van der Waals surface area contributed by atoms with Crippen LogP contribution in [0.3, 0.4) is 0 Å². The first kappa shape index (κ1) is 11.4. The highest BCUT2D eigenvalue weighted by Gasteiger charge is 2.32. The third-order valence-corrected chi connectivity index (χ3v) is 3.66. The summed E-state index contributed by atoms with van der Waals surface area (Å²) >= 11 is 0. The van der Waals surface area contributed by atoms with Crippen LogP contribution in [0.2, 0.25) is 0 Å². The molecule has 2 amide bonds. The number of hydrogen-bond donors (Lipinski definition) is 1. The summed E-state index contributed by atoms with van der Waals surface area (Å²) in [5.74, 6) is 0.0350. The van der Waals surface area contributed by atoms with Gasteiger partial charge in [0.2, 0.25) is 11.8 Å². The van der Waals surface area contributed by atoms with Crippen LogP contribution in [-0.2, 0) is 9.59 Å². The van der Waals surface area contributed by atoms with E-state index in [0.717, 1.165) is 12.8 Å². The van der Waals surface area contributed by atoms with Crippen molar-refractivity contribution in [2.75, 3.05) is 13.6 Å². The Balaban J connectivity index is 1.81. The first-order chi connectivity index (χ1) is 7.66. The lowest BCUT2D eigenvalue weighted by Crippen LogP contribution is -2.40. The van der Waals surface area contributed by atoms with Crippen molar-refractivity contribution in [2.45, 2.75) is 44.6 Å². The minimum Gasteiger partial charge on any atom is -0.353 e. The van der Waals surface area contributed by atoms with Gasteiger partial charge in [-0.25, -0.2) is 0 Å². The van der Waals surface area contributed by atoms with E-state index < -0.39 is 0 Å². The van der Waals surface area contributed by atoms with E-state index in [4.69, 9.17) is 0 Å². The van der Waals surface area contributed by atoms with E-state index in [1.165, 1.54) is 19.3 Å². The van der Waals surface area contributed by atoms with Crippen LogP contribution < -0.4 is 5.32 Å². The molecule has 0 radical (unpaired) electrons. The maximum Gasteiger partial charge on any atom is 0.225 e. The number of hydrogen-bond acceptors (Lipinski definition) is 2. The summed E-state index contributed by atoms with van der Waals surface area (Å²) in [5, 5.41) is 3.08. The van der Waals surface area contributed by atoms with Gasteiger partial charge < -0.3 is 10.2 Å². The van der Waals surface area contributed by atoms with Crippen LogP contribution in [0.5, 0.6) is 0 Å². The van der Waals surface area contributed by atoms with Crippen molar-refractivity contribution in [2.24, 2.45) is 5.92 Å². The summed E-state index contributed by atoms with van der Waals surface area (Å²) in [6, 6.07) is 0.349. The Kier molecular flexibility index (Phi) is 3.46. The van der Waals surface area contributed by atoms with Gasteiger partial charge in [-0.3, -0.25) is 9.59 Å². The van der Waals surface area contributed by atoms with Crippen LogP contribution in [0.25, 0.3) is 0 Å². The zero-order chi connectivity index (χ0) is 11.5. The van der Waals surface area contributed by atoms with Gasteiger partial charge in [0.1, 0.15) is 0 Å². The normalized spacial score (nSPS) is 27.2. The topological polar surface area (TPSA) is 49.4 Å². The molecule has 1 heterocycles. The molecule has 1 saturated heterocycles. The van der Waals surface area contributed by atoms with Crippen LogP contribution in [0.1, 0.15) is 38.5 Å². The van der Waals surface area contributed by atoms with Gasteiger partial charge in [-0.2, -0.15) is 0 Å². The maximum absolute atomic E-state index is 11.9. The van der Waals surface area contributed by atoms with Crippen LogP contribution in [0.15, 0.2) is 0 Å². The largest absolute Gasteiger partial charge is 0.353 e. The standard InChI is InChI=1S/C12H20N2O2/c1-14-8-9(7-11(14)15)12(16)13-10-5-3-2-4-6-10/h9-10H,2-8H2,1H3,(H,13,16). The number of nitrogens with zero attached hydrogens (tertiary/aromatic N) is 1. The molecule has 1 aliphatic heterocycles. The quantitative estimate of drug-likeness (QED) is 0.758. The average Bonchev–Trinajstić information content (AvgIpc) is 2.61. The van der Waals surface area contributed by atoms with E-state index in [-0.39, 0.29) is 17.7 Å². The number of carbonyl (C=O) groups is 2. The van der Waals surface area contributed by atoms with Gasteiger partial charge in [-0.15, -0.1) is 0 Å². The number of nitrogens with one attached hydrogen (secondary N) is 1. The van der Waals surface area contributed by atoms with Crippen molar-refractivity contribution in [1.29, 1.82) is 0 Å². The highest BCUT2D eigenvalue weighted by atomic mass is 16.2. The Morgan fingerprint density at radius 2 is 2.00 bits per heavy atom. The number of amides is 2. The Morgan fingerprint density at radius 3 is 2.56 bits per heavy atom. The lowest BCUT2D eigenvalue weighted by atomic mass is 9.95. The van der Waals surface area contributed by atoms with Gasteiger partial charge in [0.15, 0.2) is 0 Å². The molecule has 90 valence electrons. The molecule has 0 aromatic rings. The molecule has 2 aliphatic rings. The van der Waals surface area contributed by atoms with E-state index >= 15 is 0 Å². The molecular weight excluding hydrogens is 204 g/mol. The van der Waals surface area contributed by atoms with Gasteiger partial charge >= 0.3 is 0 Å². The van der Waals surface area contributed by atoms with Gasteiger partial charge in [-0.05, 0) is 12.8 Å². The molecule has 4 heteroatoms. The van der Waals surface area contributed by atoms with E-state index in [0.29, 0.717) is 19.0 Å². The van der Waals surface area contributed by atoms with Gasteiger partial charge in [0.25, 0.3) is 0 Å². The highest BCUT2D eigenvalue weighted by Crippen LogP contribution is 2.20. The third kappa shape index (κ3) is 2.54. The second-order valence-electron chi connectivity index (χ2n) is 5.02. The molecule has 1 N–H and O–H groups in total. The average molecular weight is 224 g/mol. The van der Waals surface area contributed by atoms with Crippen LogP contribution >= 0.6 is 0 Å². The van der Waals surface area contributed by atoms with E-state index in [1.54, 1.807) is 11.9 Å². The minimum atomic E-state index is -0.126. The zero-order valence-electron chi connectivity index (χ0n) is 9.87. The summed E-state index contributed by atoms with van der Waals surface area (Å²) in [5.41, 5.74) is 0. The predicted octanol–water partition coefficient (Wildman–Crippen LogP) is 0.914. The summed E-state index contributed by atoms with van der Waals surface area (Å²) in [7, 11) is 1.76. The second-order valence-corrected chi connectivity index (χ2v) is 5.02. The van der Waals surface area contributed by atoms with Crippen molar-refractivity contribution in [3.8, 4) is 0 Å². The van der Waals surface area contributed by atoms with E-state index in [1.807, 2.05) is 0 Å². The Labute approximate surface area is 96.4 Å². The fourth-order valence-electron chi connectivity index (χ4n) is 2.61. The number of carbonyl (C=O) groups excluding carboxylic acids is 2. The molecule has 1 atom stereocenters. The van der Waals surface area contributed by atoms with Crippen LogP contribution in [-0.4, -0.2) is 36.3 Å². The van der Waals surface area contributed by atoms with Gasteiger partial charge in [-0.1, -0.05) is 19.3 Å². The SMILES string of the molecule is CN1CC(C(=O)NC2CCCCC2)CC1=O. The zero-order valence-corrected chi connectivity index (χ0v) is 9.87. The Morgan fingerprint density at radius 1 is 1.31 bits per heavy atom. The van der Waals surface area contributed by atoms with Crippen molar-refractivity contribution < 1.29 is 9.59 Å². The molecule has 0 spiro atoms. The molecule has 1 aliphatic carbocycles. The number of likely N-dealkylation sites (tertiary alicyclic amines) is 1. The molecule has 2 fully saturated rings. The van der Waals surface area contributed by atoms with Crippen LogP contribution in [0, 0.1) is 5.92 Å². The molecule has 0 aromatic carbocycles. The summed E-state index contributed by atoms with van der Waals surface area (Å²) in [4.78, 5) is 24.9. The molecule has 1 saturated carbocycles. The smallest absolute Gasteiger partial charge is 0.225 e. The number of rotatable bonds is 2. The van der Waals surface area contributed by atoms with Crippen molar-refractivity contribution in [3.05, 3.63) is 0 Å². The fraction of sp³-hybridized carbons (Fsp3) is 0.833. The molecule has 16 heavy (non-hydrogen) atoms. The summed E-state index contributed by atoms with van der Waals surface area (Å²) in [6.07, 6.45) is 6.31. The Hall–Kier alpha value is -1.06. The van der Waals surface area contributed by atoms with E-state index in [9.17, 15) is 9.59 Å². The van der Waals surface area contributed by atoms with Gasteiger partial charge in [0, 0.05) is 26.1 Å². The van der Waals surface area contributed by atoms with Crippen molar-refractivity contribution >= 4 is 11.8 Å². The molecule has 2 rings (SSSR count). The van der Waals surface area contributed by atoms with Gasteiger partial charge in [0.05, 0.1) is 5.92 Å². The third-order valence-electron chi connectivity index (χ3n) is 3.66. The van der Waals surface area contributed by atoms with Crippen LogP contribution in [0.4, 0.5) is 0 Å². The minimum absolute atomic E-state index is 0.0737. The van der Waals surface area contributed by atoms with Crippen molar-refractivity contribution in [3.63, 3.8) is 0 Å². The first-order valence-corrected chi connectivity index (χ1v) is 6.21. The van der Waals surface area contributed by atoms with Crippen molar-refractivity contribution in [1.82, 2.24) is 10.2 Å². The highest BCUT2D eigenvalue weighted by molar-refractivity contribution is 5.89. The second kappa shape index (κ2) is 4.85. The monoisotopic (exact) mass is 224 g/mol. The van der Waals surface area contributed by atoms with E-state index in [2.05, 4.69) is 5.32 Å². The molecular formula is C12H20N2O2. The molecule has 0 bridgehead atoms. The molecule has 0 aromatic heterocycles. The molecule has 1 unspecified atom stereocenters. The lowest BCUT2D eigenvalue weighted by Gasteiger charge is -2.24. The summed E-state index contributed by atoms with van der Waals surface area (Å²) in [6.45, 7) is 0.581. The lowest BCUT2D eigenvalue weighted by molar-refractivity contribution is -0.128. The predicted molar refractivity (Wildman–Crippen MR) is 60.8 cm³/mol. The first-order valence-electron chi connectivity index (χ1n) is 6.21. The summed E-state index contributed by atoms with van der Waals surface area (Å²) < 4.78 is 0. The Bertz CT molecular complexity index is 285. The maximum atomic E-state index is 11.9.